The van der Waals surface area contributed by atoms with Crippen LogP contribution in [-0.2, 0) is 0 Å². The lowest BCUT2D eigenvalue weighted by atomic mass is 10.2. The van der Waals surface area contributed by atoms with Crippen LogP contribution in [0.25, 0.3) is 0 Å². The maximum Gasteiger partial charge on any atom is 0.306 e. The fourth-order valence-corrected chi connectivity index (χ4v) is 1.80. The maximum absolute atomic E-state index is 13.2. The number of carbonyl (C=O) groups is 1. The Labute approximate surface area is 125 Å². The van der Waals surface area contributed by atoms with Crippen molar-refractivity contribution in [2.24, 2.45) is 0 Å². The fraction of sp³-hybridized carbons (Fsp3) is 0.133. The molecule has 0 unspecified atom stereocenters. The monoisotopic (exact) mass is 304 g/mol. The van der Waals surface area contributed by atoms with E-state index in [2.05, 4.69) is 5.32 Å². The molecule has 0 aromatic heterocycles. The van der Waals surface area contributed by atoms with Crippen LogP contribution in [0.1, 0.15) is 17.3 Å². The number of hydrogen-bond acceptors (Lipinski definition) is 4. The quantitative estimate of drug-likeness (QED) is 0.678. The summed E-state index contributed by atoms with van der Waals surface area (Å²) < 4.78 is 18.5. The zero-order chi connectivity index (χ0) is 16.1. The highest BCUT2D eigenvalue weighted by molar-refractivity contribution is 6.04. The summed E-state index contributed by atoms with van der Waals surface area (Å²) in [6.45, 7) is 2.37. The summed E-state index contributed by atoms with van der Waals surface area (Å²) in [7, 11) is 0. The Morgan fingerprint density at radius 2 is 1.95 bits per heavy atom. The number of nitrogens with zero attached hydrogens (tertiary/aromatic N) is 1. The summed E-state index contributed by atoms with van der Waals surface area (Å²) in [5.41, 5.74) is -0.188. The Hall–Kier alpha value is -2.96. The van der Waals surface area contributed by atoms with Gasteiger partial charge in [0.1, 0.15) is 5.75 Å². The predicted molar refractivity (Wildman–Crippen MR) is 78.6 cm³/mol. The lowest BCUT2D eigenvalue weighted by molar-refractivity contribution is -0.387. The van der Waals surface area contributed by atoms with Gasteiger partial charge in [-0.2, -0.15) is 4.39 Å². The molecule has 0 saturated heterocycles. The normalized spacial score (nSPS) is 10.1. The van der Waals surface area contributed by atoms with E-state index in [4.69, 9.17) is 4.74 Å². The van der Waals surface area contributed by atoms with E-state index in [-0.39, 0.29) is 5.69 Å². The molecule has 22 heavy (non-hydrogen) atoms. The van der Waals surface area contributed by atoms with E-state index in [1.54, 1.807) is 24.3 Å². The number of carbonyl (C=O) groups excluding carboxylic acids is 1. The van der Waals surface area contributed by atoms with Gasteiger partial charge in [0.2, 0.25) is 5.82 Å². The lowest BCUT2D eigenvalue weighted by Crippen LogP contribution is -2.12. The van der Waals surface area contributed by atoms with E-state index in [9.17, 15) is 19.3 Å². The second-order valence-electron chi connectivity index (χ2n) is 4.33. The molecule has 114 valence electrons. The molecule has 0 aliphatic carbocycles. The predicted octanol–water partition coefficient (Wildman–Crippen LogP) is 3.38. The Balaban J connectivity index is 2.14. The van der Waals surface area contributed by atoms with E-state index in [0.717, 1.165) is 12.1 Å². The molecule has 0 atom stereocenters. The van der Waals surface area contributed by atoms with E-state index in [1.165, 1.54) is 6.07 Å². The van der Waals surface area contributed by atoms with Crippen LogP contribution in [0.15, 0.2) is 42.5 Å². The van der Waals surface area contributed by atoms with Gasteiger partial charge in [-0.05, 0) is 43.3 Å². The van der Waals surface area contributed by atoms with Crippen LogP contribution in [0.3, 0.4) is 0 Å². The van der Waals surface area contributed by atoms with Crippen molar-refractivity contribution in [2.45, 2.75) is 6.92 Å². The molecular formula is C15H13FN2O4. The van der Waals surface area contributed by atoms with Crippen LogP contribution in [-0.4, -0.2) is 17.4 Å². The molecule has 0 spiro atoms. The molecule has 0 fully saturated rings. The van der Waals surface area contributed by atoms with Gasteiger partial charge in [-0.3, -0.25) is 14.9 Å². The minimum Gasteiger partial charge on any atom is -0.494 e. The van der Waals surface area contributed by atoms with Crippen molar-refractivity contribution in [3.05, 3.63) is 64.0 Å². The largest absolute Gasteiger partial charge is 0.494 e. The number of amides is 1. The number of nitro groups is 1. The third-order valence-electron chi connectivity index (χ3n) is 2.83. The van der Waals surface area contributed by atoms with Crippen molar-refractivity contribution in [1.29, 1.82) is 0 Å². The Bertz CT molecular complexity index is 701. The molecule has 0 bridgehead atoms. The zero-order valence-corrected chi connectivity index (χ0v) is 11.7. The molecule has 1 N–H and O–H groups in total. The summed E-state index contributed by atoms with van der Waals surface area (Å²) >= 11 is 0. The van der Waals surface area contributed by atoms with Crippen molar-refractivity contribution in [3.8, 4) is 5.75 Å². The molecule has 6 nitrogen and oxygen atoms in total. The SMILES string of the molecule is CCOc1ccc(C(=O)Nc2ccc(F)c([N+](=O)[O-])c2)cc1. The molecule has 0 aliphatic rings. The molecule has 0 heterocycles. The van der Waals surface area contributed by atoms with Gasteiger partial charge in [-0.1, -0.05) is 0 Å². The van der Waals surface area contributed by atoms with Gasteiger partial charge in [0.05, 0.1) is 11.5 Å². The van der Waals surface area contributed by atoms with Crippen LogP contribution in [0.4, 0.5) is 15.8 Å². The first kappa shape index (κ1) is 15.4. The van der Waals surface area contributed by atoms with E-state index in [1.807, 2.05) is 6.92 Å². The summed E-state index contributed by atoms with van der Waals surface area (Å²) in [5, 5.41) is 13.1. The van der Waals surface area contributed by atoms with Gasteiger partial charge in [0.15, 0.2) is 0 Å². The average molecular weight is 304 g/mol. The minimum atomic E-state index is -0.955. The summed E-state index contributed by atoms with van der Waals surface area (Å²) in [4.78, 5) is 21.9. The van der Waals surface area contributed by atoms with E-state index < -0.39 is 22.3 Å². The zero-order valence-electron chi connectivity index (χ0n) is 11.7. The molecule has 0 saturated carbocycles. The van der Waals surface area contributed by atoms with Crippen LogP contribution >= 0.6 is 0 Å². The van der Waals surface area contributed by atoms with Gasteiger partial charge in [0.25, 0.3) is 5.91 Å². The second-order valence-corrected chi connectivity index (χ2v) is 4.33. The number of halogens is 1. The van der Waals surface area contributed by atoms with Crippen molar-refractivity contribution in [3.63, 3.8) is 0 Å². The van der Waals surface area contributed by atoms with Crippen LogP contribution in [0, 0.1) is 15.9 Å². The summed E-state index contributed by atoms with van der Waals surface area (Å²) in [6, 6.07) is 9.59. The number of anilines is 1. The molecule has 2 aromatic rings. The Morgan fingerprint density at radius 3 is 2.55 bits per heavy atom. The first-order valence-corrected chi connectivity index (χ1v) is 6.49. The topological polar surface area (TPSA) is 81.5 Å². The highest BCUT2D eigenvalue weighted by Crippen LogP contribution is 2.22. The van der Waals surface area contributed by atoms with Gasteiger partial charge in [-0.15, -0.1) is 0 Å². The molecule has 1 amide bonds. The second kappa shape index (κ2) is 6.66. The Kier molecular flexibility index (Phi) is 4.67. The first-order valence-electron chi connectivity index (χ1n) is 6.49. The standard InChI is InChI=1S/C15H13FN2O4/c1-2-22-12-6-3-10(4-7-12)15(19)17-11-5-8-13(16)14(9-11)18(20)21/h3-9H,2H2,1H3,(H,17,19). The Morgan fingerprint density at radius 1 is 1.27 bits per heavy atom. The fourth-order valence-electron chi connectivity index (χ4n) is 1.80. The molecule has 7 heteroatoms. The molecular weight excluding hydrogens is 291 g/mol. The molecule has 2 aromatic carbocycles. The molecule has 0 radical (unpaired) electrons. The number of nitro benzene ring substituents is 1. The van der Waals surface area contributed by atoms with Crippen LogP contribution in [0.2, 0.25) is 0 Å². The number of nitrogens with one attached hydrogen (secondary N) is 1. The molecule has 2 rings (SSSR count). The highest BCUT2D eigenvalue weighted by atomic mass is 19.1. The first-order chi connectivity index (χ1) is 10.5. The maximum atomic E-state index is 13.2. The van der Waals surface area contributed by atoms with E-state index in [0.29, 0.717) is 17.9 Å². The third kappa shape index (κ3) is 3.57. The molecule has 0 aliphatic heterocycles. The van der Waals surface area contributed by atoms with E-state index >= 15 is 0 Å². The van der Waals surface area contributed by atoms with Crippen LogP contribution in [0.5, 0.6) is 5.75 Å². The van der Waals surface area contributed by atoms with Gasteiger partial charge < -0.3 is 10.1 Å². The van der Waals surface area contributed by atoms with Crippen molar-refractivity contribution in [2.75, 3.05) is 11.9 Å². The summed E-state index contributed by atoms with van der Waals surface area (Å²) in [5.74, 6) is -0.774. The van der Waals surface area contributed by atoms with Crippen molar-refractivity contribution >= 4 is 17.3 Å². The highest BCUT2D eigenvalue weighted by Gasteiger charge is 2.15. The van der Waals surface area contributed by atoms with Crippen molar-refractivity contribution in [1.82, 2.24) is 0 Å². The van der Waals surface area contributed by atoms with Gasteiger partial charge >= 0.3 is 5.69 Å². The number of rotatable bonds is 5. The summed E-state index contributed by atoms with van der Waals surface area (Å²) in [6.07, 6.45) is 0. The number of ether oxygens (including phenoxy) is 1. The number of hydrogen-bond donors (Lipinski definition) is 1. The average Bonchev–Trinajstić information content (AvgIpc) is 2.50. The minimum absolute atomic E-state index is 0.145. The lowest BCUT2D eigenvalue weighted by Gasteiger charge is -2.07. The van der Waals surface area contributed by atoms with Gasteiger partial charge in [-0.25, -0.2) is 0 Å². The van der Waals surface area contributed by atoms with Gasteiger partial charge in [0, 0.05) is 17.3 Å². The van der Waals surface area contributed by atoms with Crippen molar-refractivity contribution < 1.29 is 18.8 Å². The van der Waals surface area contributed by atoms with Crippen LogP contribution < -0.4 is 10.1 Å². The smallest absolute Gasteiger partial charge is 0.306 e. The number of benzene rings is 2. The third-order valence-corrected chi connectivity index (χ3v) is 2.83.